The summed E-state index contributed by atoms with van der Waals surface area (Å²) in [6.45, 7) is 2.36. The summed E-state index contributed by atoms with van der Waals surface area (Å²) in [7, 11) is 0.482. The molecule has 0 aliphatic heterocycles. The van der Waals surface area contributed by atoms with Crippen molar-refractivity contribution in [2.75, 3.05) is 25.1 Å². The molecule has 0 bridgehead atoms. The normalized spacial score (nSPS) is 13.4. The fourth-order valence-corrected chi connectivity index (χ4v) is 2.24. The van der Waals surface area contributed by atoms with Gasteiger partial charge < -0.3 is 19.8 Å². The minimum atomic E-state index is -1.39. The van der Waals surface area contributed by atoms with Crippen molar-refractivity contribution in [2.45, 2.75) is 20.0 Å². The summed E-state index contributed by atoms with van der Waals surface area (Å²) in [5.74, 6) is 0. The second kappa shape index (κ2) is 9.05. The fourth-order valence-electron chi connectivity index (χ4n) is 1.47. The van der Waals surface area contributed by atoms with Crippen LogP contribution in [0.5, 0.6) is 0 Å². The first-order valence-electron chi connectivity index (χ1n) is 6.28. The number of hydrogen-bond acceptors (Lipinski definition) is 4. The molecular weight excluding hydrogens is 261 g/mol. The van der Waals surface area contributed by atoms with Gasteiger partial charge in [0.25, 0.3) is 0 Å². The van der Waals surface area contributed by atoms with E-state index < -0.39 is 8.38 Å². The molecule has 0 fully saturated rings. The molecule has 1 rings (SSSR count). The molecule has 1 atom stereocenters. The third-order valence-corrected chi connectivity index (χ3v) is 3.75. The Kier molecular flexibility index (Phi) is 7.68. The van der Waals surface area contributed by atoms with Crippen LogP contribution < -0.4 is 5.32 Å². The van der Waals surface area contributed by atoms with Crippen molar-refractivity contribution in [3.63, 3.8) is 0 Å². The van der Waals surface area contributed by atoms with E-state index >= 15 is 0 Å². The predicted molar refractivity (Wildman–Crippen MR) is 80.2 cm³/mol. The molecule has 0 saturated carbocycles. The van der Waals surface area contributed by atoms with Gasteiger partial charge in [-0.3, -0.25) is 0 Å². The topological polar surface area (TPSA) is 61.7 Å². The van der Waals surface area contributed by atoms with Gasteiger partial charge in [0.05, 0.1) is 13.2 Å². The first kappa shape index (κ1) is 16.1. The Labute approximate surface area is 116 Å². The summed E-state index contributed by atoms with van der Waals surface area (Å²) in [5, 5.41) is 11.9. The van der Waals surface area contributed by atoms with E-state index in [0.29, 0.717) is 12.8 Å². The lowest BCUT2D eigenvalue weighted by molar-refractivity contribution is 0.299. The third kappa shape index (κ3) is 6.69. The second-order valence-electron chi connectivity index (χ2n) is 4.29. The summed E-state index contributed by atoms with van der Waals surface area (Å²) < 4.78 is 5.43. The first-order chi connectivity index (χ1) is 9.15. The number of allylic oxidation sites excluding steroid dienone is 1. The molecule has 0 radical (unpaired) electrons. The highest BCUT2D eigenvalue weighted by molar-refractivity contribution is 7.46. The summed E-state index contributed by atoms with van der Waals surface area (Å²) in [6.07, 6.45) is 3.26. The van der Waals surface area contributed by atoms with E-state index in [0.717, 1.165) is 23.2 Å². The molecule has 0 aromatic heterocycles. The first-order valence-corrected chi connectivity index (χ1v) is 7.68. The SMILES string of the molecule is CNc1ccc(COP(O)CC/C=C(\C)CO)cc1. The Bertz CT molecular complexity index is 392. The second-order valence-corrected chi connectivity index (χ2v) is 5.70. The smallest absolute Gasteiger partial charge is 0.168 e. The van der Waals surface area contributed by atoms with Crippen molar-refractivity contribution < 1.29 is 14.5 Å². The van der Waals surface area contributed by atoms with Gasteiger partial charge in [-0.1, -0.05) is 23.8 Å². The maximum Gasteiger partial charge on any atom is 0.168 e. The molecule has 1 aromatic rings. The van der Waals surface area contributed by atoms with E-state index in [-0.39, 0.29) is 6.61 Å². The largest absolute Gasteiger partial charge is 0.392 e. The van der Waals surface area contributed by atoms with E-state index in [1.807, 2.05) is 44.3 Å². The van der Waals surface area contributed by atoms with Crippen LogP contribution in [0.15, 0.2) is 35.9 Å². The van der Waals surface area contributed by atoms with Crippen LogP contribution in [0.3, 0.4) is 0 Å². The average molecular weight is 283 g/mol. The Balaban J connectivity index is 2.27. The number of anilines is 1. The van der Waals surface area contributed by atoms with Gasteiger partial charge in [-0.15, -0.1) is 0 Å². The van der Waals surface area contributed by atoms with Gasteiger partial charge in [0.2, 0.25) is 0 Å². The molecule has 0 spiro atoms. The van der Waals surface area contributed by atoms with Crippen LogP contribution in [-0.2, 0) is 11.1 Å². The van der Waals surface area contributed by atoms with Crippen LogP contribution in [-0.4, -0.2) is 29.8 Å². The molecule has 106 valence electrons. The zero-order chi connectivity index (χ0) is 14.1. The summed E-state index contributed by atoms with van der Waals surface area (Å²) in [6, 6.07) is 7.91. The number of rotatable bonds is 8. The molecule has 4 nitrogen and oxygen atoms in total. The van der Waals surface area contributed by atoms with Gasteiger partial charge in [-0.25, -0.2) is 0 Å². The highest BCUT2D eigenvalue weighted by Crippen LogP contribution is 2.33. The molecule has 1 aromatic carbocycles. The van der Waals surface area contributed by atoms with Gasteiger partial charge in [0.1, 0.15) is 0 Å². The highest BCUT2D eigenvalue weighted by Gasteiger charge is 2.04. The Morgan fingerprint density at radius 1 is 1.37 bits per heavy atom. The van der Waals surface area contributed by atoms with Crippen molar-refractivity contribution in [1.29, 1.82) is 0 Å². The molecule has 0 saturated heterocycles. The van der Waals surface area contributed by atoms with Crippen LogP contribution >= 0.6 is 8.38 Å². The van der Waals surface area contributed by atoms with Gasteiger partial charge in [0.15, 0.2) is 8.38 Å². The lowest BCUT2D eigenvalue weighted by Crippen LogP contribution is -1.93. The van der Waals surface area contributed by atoms with Crippen LogP contribution in [0.1, 0.15) is 18.9 Å². The van der Waals surface area contributed by atoms with Gasteiger partial charge in [-0.05, 0) is 31.0 Å². The van der Waals surface area contributed by atoms with E-state index in [1.54, 1.807) is 0 Å². The van der Waals surface area contributed by atoms with Crippen LogP contribution in [0, 0.1) is 0 Å². The quantitative estimate of drug-likeness (QED) is 0.507. The number of aliphatic hydroxyl groups is 1. The molecule has 3 N–H and O–H groups in total. The van der Waals surface area contributed by atoms with E-state index in [9.17, 15) is 4.89 Å². The zero-order valence-corrected chi connectivity index (χ0v) is 12.4. The lowest BCUT2D eigenvalue weighted by Gasteiger charge is -2.10. The van der Waals surface area contributed by atoms with Crippen molar-refractivity contribution in [3.8, 4) is 0 Å². The van der Waals surface area contributed by atoms with Crippen molar-refractivity contribution in [2.24, 2.45) is 0 Å². The molecule has 1 unspecified atom stereocenters. The number of aliphatic hydroxyl groups excluding tert-OH is 1. The maximum atomic E-state index is 9.74. The fraction of sp³-hybridized carbons (Fsp3) is 0.429. The molecular formula is C14H22NO3P. The van der Waals surface area contributed by atoms with E-state index in [2.05, 4.69) is 5.32 Å². The predicted octanol–water partition coefficient (Wildman–Crippen LogP) is 2.88. The Hall–Kier alpha value is -0.930. The third-order valence-electron chi connectivity index (χ3n) is 2.69. The van der Waals surface area contributed by atoms with Crippen molar-refractivity contribution in [1.82, 2.24) is 0 Å². The maximum absolute atomic E-state index is 9.74. The van der Waals surface area contributed by atoms with Crippen LogP contribution in [0.4, 0.5) is 5.69 Å². The molecule has 5 heteroatoms. The number of hydrogen-bond donors (Lipinski definition) is 3. The molecule has 19 heavy (non-hydrogen) atoms. The lowest BCUT2D eigenvalue weighted by atomic mass is 10.2. The monoisotopic (exact) mass is 283 g/mol. The number of nitrogens with one attached hydrogen (secondary N) is 1. The van der Waals surface area contributed by atoms with Gasteiger partial charge in [-0.2, -0.15) is 0 Å². The highest BCUT2D eigenvalue weighted by atomic mass is 31.2. The molecule has 0 aliphatic carbocycles. The number of benzene rings is 1. The van der Waals surface area contributed by atoms with Crippen molar-refractivity contribution in [3.05, 3.63) is 41.5 Å². The standard InChI is InChI=1S/C14H22NO3P/c1-12(10-16)4-3-9-19(17)18-11-13-5-7-14(15-2)8-6-13/h4-8,15-17H,3,9-11H2,1-2H3/b12-4+. The molecule has 0 aliphatic rings. The van der Waals surface area contributed by atoms with Crippen molar-refractivity contribution >= 4 is 14.1 Å². The Morgan fingerprint density at radius 2 is 2.05 bits per heavy atom. The summed E-state index contributed by atoms with van der Waals surface area (Å²) in [4.78, 5) is 9.74. The van der Waals surface area contributed by atoms with Crippen LogP contribution in [0.25, 0.3) is 0 Å². The molecule has 0 heterocycles. The van der Waals surface area contributed by atoms with Gasteiger partial charge >= 0.3 is 0 Å². The molecule has 0 amide bonds. The Morgan fingerprint density at radius 3 is 2.63 bits per heavy atom. The zero-order valence-electron chi connectivity index (χ0n) is 11.5. The van der Waals surface area contributed by atoms with E-state index in [1.165, 1.54) is 0 Å². The minimum Gasteiger partial charge on any atom is -0.392 e. The minimum absolute atomic E-state index is 0.0715. The van der Waals surface area contributed by atoms with Crippen LogP contribution in [0.2, 0.25) is 0 Å². The summed E-state index contributed by atoms with van der Waals surface area (Å²) >= 11 is 0. The van der Waals surface area contributed by atoms with E-state index in [4.69, 9.17) is 9.63 Å². The summed E-state index contributed by atoms with van der Waals surface area (Å²) in [5.41, 5.74) is 3.02. The average Bonchev–Trinajstić information content (AvgIpc) is 2.45. The van der Waals surface area contributed by atoms with Gasteiger partial charge in [0, 0.05) is 18.9 Å².